The Morgan fingerprint density at radius 2 is 0.495 bits per heavy atom. The van der Waals surface area contributed by atoms with E-state index in [0.29, 0.717) is 31.6 Å². The van der Waals surface area contributed by atoms with Crippen LogP contribution in [0.3, 0.4) is 0 Å². The van der Waals surface area contributed by atoms with Crippen molar-refractivity contribution >= 4 is 39.5 Å². The summed E-state index contributed by atoms with van der Waals surface area (Å²) in [6, 6.07) is 0. The van der Waals surface area contributed by atoms with Crippen LogP contribution in [0.25, 0.3) is 0 Å². The van der Waals surface area contributed by atoms with E-state index in [1.165, 1.54) is 193 Å². The summed E-state index contributed by atoms with van der Waals surface area (Å²) in [6.45, 7) is 14.2. The Labute approximate surface area is 594 Å². The smallest absolute Gasteiger partial charge is 0.462 e. The molecule has 17 nitrogen and oxygen atoms in total. The van der Waals surface area contributed by atoms with Gasteiger partial charge in [-0.3, -0.25) is 37.3 Å². The fourth-order valence-electron chi connectivity index (χ4n) is 11.9. The summed E-state index contributed by atoms with van der Waals surface area (Å²) >= 11 is 0. The van der Waals surface area contributed by atoms with Crippen LogP contribution in [-0.2, 0) is 65.4 Å². The zero-order valence-corrected chi connectivity index (χ0v) is 65.5. The highest BCUT2D eigenvalue weighted by atomic mass is 31.2. The van der Waals surface area contributed by atoms with E-state index in [2.05, 4.69) is 55.4 Å². The number of rotatable bonds is 75. The molecule has 576 valence electrons. The van der Waals surface area contributed by atoms with Gasteiger partial charge < -0.3 is 33.8 Å². The van der Waals surface area contributed by atoms with E-state index in [0.717, 1.165) is 114 Å². The summed E-state index contributed by atoms with van der Waals surface area (Å²) in [7, 11) is -9.91. The van der Waals surface area contributed by atoms with Gasteiger partial charge in [0.1, 0.15) is 19.3 Å². The number of hydrogen-bond donors (Lipinski definition) is 3. The van der Waals surface area contributed by atoms with Crippen molar-refractivity contribution in [1.82, 2.24) is 0 Å². The molecule has 0 radical (unpaired) electrons. The van der Waals surface area contributed by atoms with Gasteiger partial charge in [-0.05, 0) is 49.4 Å². The van der Waals surface area contributed by atoms with Gasteiger partial charge >= 0.3 is 39.5 Å². The maximum Gasteiger partial charge on any atom is 0.472 e. The van der Waals surface area contributed by atoms with E-state index < -0.39 is 97.5 Å². The number of phosphoric ester groups is 2. The van der Waals surface area contributed by atoms with Crippen molar-refractivity contribution in [2.24, 2.45) is 23.7 Å². The maximum absolute atomic E-state index is 13.1. The number of ether oxygens (including phenoxy) is 4. The molecule has 0 aromatic rings. The first-order valence-electron chi connectivity index (χ1n) is 40.2. The summed E-state index contributed by atoms with van der Waals surface area (Å²) in [5, 5.41) is 10.6. The molecule has 0 rings (SSSR count). The first-order chi connectivity index (χ1) is 46.6. The van der Waals surface area contributed by atoms with Gasteiger partial charge in [0.2, 0.25) is 0 Å². The van der Waals surface area contributed by atoms with Crippen LogP contribution in [0.1, 0.15) is 396 Å². The zero-order chi connectivity index (χ0) is 71.7. The lowest BCUT2D eigenvalue weighted by Gasteiger charge is -2.21. The summed E-state index contributed by atoms with van der Waals surface area (Å²) in [4.78, 5) is 72.8. The maximum atomic E-state index is 13.1. The Morgan fingerprint density at radius 1 is 0.289 bits per heavy atom. The van der Waals surface area contributed by atoms with Gasteiger partial charge in [0, 0.05) is 25.7 Å². The fourth-order valence-corrected chi connectivity index (χ4v) is 13.5. The Hall–Kier alpha value is -1.94. The number of hydrogen-bond acceptors (Lipinski definition) is 15. The predicted octanol–water partition coefficient (Wildman–Crippen LogP) is 22.8. The molecule has 19 heteroatoms. The van der Waals surface area contributed by atoms with Crippen molar-refractivity contribution in [3.63, 3.8) is 0 Å². The van der Waals surface area contributed by atoms with E-state index in [9.17, 15) is 43.2 Å². The van der Waals surface area contributed by atoms with Gasteiger partial charge in [0.05, 0.1) is 26.4 Å². The van der Waals surface area contributed by atoms with Crippen molar-refractivity contribution < 1.29 is 80.2 Å². The minimum Gasteiger partial charge on any atom is -0.462 e. The molecule has 0 heterocycles. The van der Waals surface area contributed by atoms with E-state index in [1.807, 2.05) is 0 Å². The lowest BCUT2D eigenvalue weighted by atomic mass is 10.00. The van der Waals surface area contributed by atoms with Crippen molar-refractivity contribution in [3.8, 4) is 0 Å². The number of carbonyl (C=O) groups excluding carboxylic acids is 4. The second-order valence-corrected chi connectivity index (χ2v) is 32.7. The van der Waals surface area contributed by atoms with Crippen LogP contribution in [0.15, 0.2) is 0 Å². The SMILES string of the molecule is CCC(C)CCCCCCCCC(=O)O[C@H](COC(=O)CCCCCCCCCCCCCCCCCCCCC(C)C)COP(=O)(O)OCC(O)COP(=O)(O)OC[C@@H](COC(=O)CCCCCCCCCC(C)C)OC(=O)CCCCCCCCCCCCCCCC(C)C. The molecular weight excluding hydrogens is 1270 g/mol. The largest absolute Gasteiger partial charge is 0.472 e. The van der Waals surface area contributed by atoms with Gasteiger partial charge in [-0.15, -0.1) is 0 Å². The van der Waals surface area contributed by atoms with Crippen LogP contribution in [0.5, 0.6) is 0 Å². The minimum absolute atomic E-state index is 0.103. The molecule has 0 bridgehead atoms. The Morgan fingerprint density at radius 3 is 0.732 bits per heavy atom. The third-order valence-corrected chi connectivity index (χ3v) is 20.3. The molecule has 0 spiro atoms. The number of phosphoric acid groups is 2. The Balaban J connectivity index is 5.15. The molecule has 97 heavy (non-hydrogen) atoms. The quantitative estimate of drug-likeness (QED) is 0.0222. The van der Waals surface area contributed by atoms with E-state index in [1.54, 1.807) is 0 Å². The molecule has 0 aliphatic rings. The van der Waals surface area contributed by atoms with Crippen LogP contribution in [0.2, 0.25) is 0 Å². The second kappa shape index (κ2) is 67.2. The lowest BCUT2D eigenvalue weighted by Crippen LogP contribution is -2.30. The van der Waals surface area contributed by atoms with E-state index in [4.69, 9.17) is 37.0 Å². The van der Waals surface area contributed by atoms with Gasteiger partial charge in [0.15, 0.2) is 12.2 Å². The summed E-state index contributed by atoms with van der Waals surface area (Å²) in [5.74, 6) is 0.912. The molecule has 0 aromatic heterocycles. The van der Waals surface area contributed by atoms with Crippen molar-refractivity contribution in [1.29, 1.82) is 0 Å². The molecule has 0 saturated carbocycles. The summed E-state index contributed by atoms with van der Waals surface area (Å²) in [6.07, 6.45) is 53.0. The number of aliphatic hydroxyl groups excluding tert-OH is 1. The highest BCUT2D eigenvalue weighted by Gasteiger charge is 2.30. The average molecular weight is 1420 g/mol. The van der Waals surface area contributed by atoms with Crippen LogP contribution in [-0.4, -0.2) is 96.7 Å². The van der Waals surface area contributed by atoms with E-state index >= 15 is 0 Å². The van der Waals surface area contributed by atoms with Crippen LogP contribution < -0.4 is 0 Å². The van der Waals surface area contributed by atoms with Crippen molar-refractivity contribution in [2.45, 2.75) is 414 Å². The lowest BCUT2D eigenvalue weighted by molar-refractivity contribution is -0.161. The van der Waals surface area contributed by atoms with Crippen LogP contribution >= 0.6 is 15.6 Å². The number of esters is 4. The zero-order valence-electron chi connectivity index (χ0n) is 63.7. The molecule has 0 aliphatic heterocycles. The molecule has 6 atom stereocenters. The van der Waals surface area contributed by atoms with Gasteiger partial charge in [-0.25, -0.2) is 9.13 Å². The molecule has 0 saturated heterocycles. The fraction of sp³-hybridized carbons (Fsp3) is 0.949. The van der Waals surface area contributed by atoms with Crippen LogP contribution in [0, 0.1) is 23.7 Å². The molecule has 0 aromatic carbocycles. The average Bonchev–Trinajstić information content (AvgIpc) is 2.00. The number of aliphatic hydroxyl groups is 1. The molecule has 0 aliphatic carbocycles. The van der Waals surface area contributed by atoms with Crippen molar-refractivity contribution in [3.05, 3.63) is 0 Å². The second-order valence-electron chi connectivity index (χ2n) is 29.8. The normalized spacial score (nSPS) is 14.4. The Bertz CT molecular complexity index is 1900. The molecule has 4 unspecified atom stereocenters. The first kappa shape index (κ1) is 95.1. The summed E-state index contributed by atoms with van der Waals surface area (Å²) in [5.41, 5.74) is 0. The third-order valence-electron chi connectivity index (χ3n) is 18.4. The highest BCUT2D eigenvalue weighted by Crippen LogP contribution is 2.45. The third kappa shape index (κ3) is 70.9. The molecule has 3 N–H and O–H groups in total. The standard InChI is InChI=1S/C78H152O17P2/c1-9-71(8)57-49-41-36-37-45-53-61-78(83)95-74(65-88-75(80)58-50-42-33-27-23-19-15-13-11-10-12-14-17-21-25-30-38-46-54-68(2)3)67-93-97(86,87)91-63-72(79)62-90-96(84,85)92-66-73(64-89-76(81)59-51-43-35-29-32-40-48-56-70(6)7)94-77(82)60-52-44-34-28-24-20-16-18-22-26-31-39-47-55-69(4)5/h68-74,79H,9-67H2,1-8H3,(H,84,85)(H,86,87)/t71?,72?,73-,74-/m1/s1. The van der Waals surface area contributed by atoms with Crippen LogP contribution in [0.4, 0.5) is 0 Å². The number of unbranched alkanes of at least 4 members (excludes halogenated alkanes) is 40. The van der Waals surface area contributed by atoms with Crippen molar-refractivity contribution in [2.75, 3.05) is 39.6 Å². The summed E-state index contributed by atoms with van der Waals surface area (Å²) < 4.78 is 68.5. The van der Waals surface area contributed by atoms with Gasteiger partial charge in [0.25, 0.3) is 0 Å². The minimum atomic E-state index is -4.96. The molecular formula is C78H152O17P2. The van der Waals surface area contributed by atoms with E-state index in [-0.39, 0.29) is 25.7 Å². The monoisotopic (exact) mass is 1420 g/mol. The first-order valence-corrected chi connectivity index (χ1v) is 43.2. The van der Waals surface area contributed by atoms with Gasteiger partial charge in [-0.1, -0.05) is 344 Å². The predicted molar refractivity (Wildman–Crippen MR) is 395 cm³/mol. The number of carbonyl (C=O) groups is 4. The molecule has 0 amide bonds. The Kier molecular flexibility index (Phi) is 65.9. The molecule has 0 fully saturated rings. The topological polar surface area (TPSA) is 237 Å². The van der Waals surface area contributed by atoms with Gasteiger partial charge in [-0.2, -0.15) is 0 Å². The highest BCUT2D eigenvalue weighted by molar-refractivity contribution is 7.47.